The Bertz CT molecular complexity index is 925. The molecule has 0 aliphatic heterocycles. The van der Waals surface area contributed by atoms with Crippen LogP contribution in [0.4, 0.5) is 0 Å². The molecule has 0 aliphatic rings. The van der Waals surface area contributed by atoms with Crippen LogP contribution in [0.15, 0.2) is 54.6 Å². The minimum atomic E-state index is -0.387. The maximum atomic E-state index is 12.3. The van der Waals surface area contributed by atoms with Gasteiger partial charge in [-0.05, 0) is 36.6 Å². The van der Waals surface area contributed by atoms with Crippen molar-refractivity contribution in [3.8, 4) is 16.9 Å². The second kappa shape index (κ2) is 8.12. The number of rotatable bonds is 7. The summed E-state index contributed by atoms with van der Waals surface area (Å²) in [6, 6.07) is 18.1. The lowest BCUT2D eigenvalue weighted by Crippen LogP contribution is -2.13. The molecule has 0 saturated carbocycles. The van der Waals surface area contributed by atoms with Crippen LogP contribution in [0, 0.1) is 6.92 Å². The van der Waals surface area contributed by atoms with Crippen molar-refractivity contribution < 1.29 is 9.53 Å². The van der Waals surface area contributed by atoms with Crippen molar-refractivity contribution in [3.63, 3.8) is 0 Å². The smallest absolute Gasteiger partial charge is 0.251 e. The van der Waals surface area contributed by atoms with E-state index in [0.717, 1.165) is 47.7 Å². The lowest BCUT2D eigenvalue weighted by Gasteiger charge is -2.13. The predicted molar refractivity (Wildman–Crippen MR) is 109 cm³/mol. The molecular formula is C23H26N2O2. The number of nitrogens with two attached hydrogens (primary N) is 1. The first kappa shape index (κ1) is 18.8. The molecule has 0 saturated heterocycles. The Labute approximate surface area is 160 Å². The normalized spacial score (nSPS) is 10.8. The predicted octanol–water partition coefficient (Wildman–Crippen LogP) is 4.57. The molecule has 0 bridgehead atoms. The number of primary amides is 1. The molecule has 3 rings (SSSR count). The van der Waals surface area contributed by atoms with E-state index in [9.17, 15) is 4.79 Å². The van der Waals surface area contributed by atoms with Crippen molar-refractivity contribution >= 4 is 5.91 Å². The number of ether oxygens (including phenoxy) is 1. The zero-order chi connectivity index (χ0) is 19.4. The van der Waals surface area contributed by atoms with E-state index in [2.05, 4.69) is 23.6 Å². The number of amides is 1. The number of benzene rings is 2. The van der Waals surface area contributed by atoms with Crippen LogP contribution in [0.5, 0.6) is 5.75 Å². The first-order chi connectivity index (χ1) is 13.1. The lowest BCUT2D eigenvalue weighted by molar-refractivity contribution is 0.1000. The van der Waals surface area contributed by atoms with Crippen LogP contribution in [-0.2, 0) is 13.0 Å². The number of carbonyl (C=O) groups excluding carboxylic acids is 1. The first-order valence-corrected chi connectivity index (χ1v) is 9.26. The topological polar surface area (TPSA) is 57.2 Å². The van der Waals surface area contributed by atoms with E-state index in [-0.39, 0.29) is 5.91 Å². The van der Waals surface area contributed by atoms with Crippen LogP contribution in [0.25, 0.3) is 11.1 Å². The van der Waals surface area contributed by atoms with Gasteiger partial charge in [0.1, 0.15) is 5.75 Å². The third-order valence-electron chi connectivity index (χ3n) is 4.93. The maximum Gasteiger partial charge on any atom is 0.251 e. The SMILES string of the molecule is CCCc1c(-c2ccc(OC)cc2)c(C(N)=O)c(C)n1Cc1ccccc1. The van der Waals surface area contributed by atoms with Gasteiger partial charge in [0, 0.05) is 23.5 Å². The molecule has 2 aromatic carbocycles. The van der Waals surface area contributed by atoms with Crippen molar-refractivity contribution in [2.45, 2.75) is 33.2 Å². The van der Waals surface area contributed by atoms with Gasteiger partial charge in [-0.2, -0.15) is 0 Å². The highest BCUT2D eigenvalue weighted by Crippen LogP contribution is 2.35. The van der Waals surface area contributed by atoms with Gasteiger partial charge in [0.05, 0.1) is 12.7 Å². The molecule has 1 amide bonds. The fourth-order valence-corrected chi connectivity index (χ4v) is 3.64. The average molecular weight is 362 g/mol. The summed E-state index contributed by atoms with van der Waals surface area (Å²) in [5.41, 5.74) is 11.6. The molecule has 0 aliphatic carbocycles. The van der Waals surface area contributed by atoms with E-state index in [1.807, 2.05) is 49.4 Å². The lowest BCUT2D eigenvalue weighted by atomic mass is 9.98. The highest BCUT2D eigenvalue weighted by atomic mass is 16.5. The van der Waals surface area contributed by atoms with Crippen molar-refractivity contribution in [2.24, 2.45) is 5.73 Å². The van der Waals surface area contributed by atoms with E-state index in [4.69, 9.17) is 10.5 Å². The van der Waals surface area contributed by atoms with Crippen molar-refractivity contribution in [1.82, 2.24) is 4.57 Å². The standard InChI is InChI=1S/C23H26N2O2/c1-4-8-20-22(18-11-13-19(27-3)14-12-18)21(23(24)26)16(2)25(20)15-17-9-6-5-7-10-17/h5-7,9-14H,4,8,15H2,1-3H3,(H2,24,26). The molecular weight excluding hydrogens is 336 g/mol. The van der Waals surface area contributed by atoms with Crippen LogP contribution < -0.4 is 10.5 Å². The van der Waals surface area contributed by atoms with Crippen LogP contribution in [-0.4, -0.2) is 17.6 Å². The number of carbonyl (C=O) groups is 1. The summed E-state index contributed by atoms with van der Waals surface area (Å²) >= 11 is 0. The van der Waals surface area contributed by atoms with Crippen molar-refractivity contribution in [1.29, 1.82) is 0 Å². The highest BCUT2D eigenvalue weighted by molar-refractivity contribution is 6.02. The Morgan fingerprint density at radius 3 is 2.30 bits per heavy atom. The largest absolute Gasteiger partial charge is 0.497 e. The number of hydrogen-bond acceptors (Lipinski definition) is 2. The second-order valence-corrected chi connectivity index (χ2v) is 6.70. The average Bonchev–Trinajstić information content (AvgIpc) is 2.95. The Hall–Kier alpha value is -3.01. The molecule has 27 heavy (non-hydrogen) atoms. The minimum absolute atomic E-state index is 0.387. The summed E-state index contributed by atoms with van der Waals surface area (Å²) in [5, 5.41) is 0. The third-order valence-corrected chi connectivity index (χ3v) is 4.93. The van der Waals surface area contributed by atoms with Gasteiger partial charge < -0.3 is 15.0 Å². The summed E-state index contributed by atoms with van der Waals surface area (Å²) in [6.45, 7) is 4.85. The number of methoxy groups -OCH3 is 1. The maximum absolute atomic E-state index is 12.3. The van der Waals surface area contributed by atoms with E-state index in [1.54, 1.807) is 7.11 Å². The summed E-state index contributed by atoms with van der Waals surface area (Å²) in [5.74, 6) is 0.402. The second-order valence-electron chi connectivity index (χ2n) is 6.70. The fourth-order valence-electron chi connectivity index (χ4n) is 3.64. The van der Waals surface area contributed by atoms with E-state index < -0.39 is 0 Å². The Morgan fingerprint density at radius 2 is 1.74 bits per heavy atom. The molecule has 2 N–H and O–H groups in total. The van der Waals surface area contributed by atoms with E-state index in [1.165, 1.54) is 5.56 Å². The molecule has 3 aromatic rings. The van der Waals surface area contributed by atoms with E-state index in [0.29, 0.717) is 5.56 Å². The Kier molecular flexibility index (Phi) is 5.65. The molecule has 0 spiro atoms. The van der Waals surface area contributed by atoms with E-state index >= 15 is 0 Å². The van der Waals surface area contributed by atoms with Crippen LogP contribution in [0.1, 0.15) is 40.7 Å². The van der Waals surface area contributed by atoms with Crippen LogP contribution in [0.3, 0.4) is 0 Å². The summed E-state index contributed by atoms with van der Waals surface area (Å²) in [4.78, 5) is 12.3. The van der Waals surface area contributed by atoms with Gasteiger partial charge in [0.15, 0.2) is 0 Å². The molecule has 1 aromatic heterocycles. The summed E-state index contributed by atoms with van der Waals surface area (Å²) in [7, 11) is 1.65. The zero-order valence-electron chi connectivity index (χ0n) is 16.2. The van der Waals surface area contributed by atoms with Crippen molar-refractivity contribution in [2.75, 3.05) is 7.11 Å². The molecule has 140 valence electrons. The van der Waals surface area contributed by atoms with Gasteiger partial charge in [0.2, 0.25) is 0 Å². The van der Waals surface area contributed by atoms with Gasteiger partial charge in [-0.3, -0.25) is 4.79 Å². The molecule has 0 unspecified atom stereocenters. The van der Waals surface area contributed by atoms with Gasteiger partial charge in [-0.25, -0.2) is 0 Å². The molecule has 0 fully saturated rings. The van der Waals surface area contributed by atoms with Gasteiger partial charge in [0.25, 0.3) is 5.91 Å². The summed E-state index contributed by atoms with van der Waals surface area (Å²) < 4.78 is 7.51. The summed E-state index contributed by atoms with van der Waals surface area (Å²) in [6.07, 6.45) is 1.86. The first-order valence-electron chi connectivity index (χ1n) is 9.26. The Balaban J connectivity index is 2.20. The zero-order valence-corrected chi connectivity index (χ0v) is 16.2. The van der Waals surface area contributed by atoms with Crippen LogP contribution in [0.2, 0.25) is 0 Å². The minimum Gasteiger partial charge on any atom is -0.497 e. The monoisotopic (exact) mass is 362 g/mol. The highest BCUT2D eigenvalue weighted by Gasteiger charge is 2.24. The molecule has 0 radical (unpaired) electrons. The molecule has 1 heterocycles. The third kappa shape index (κ3) is 3.75. The Morgan fingerprint density at radius 1 is 1.07 bits per heavy atom. The number of aromatic nitrogens is 1. The van der Waals surface area contributed by atoms with Gasteiger partial charge >= 0.3 is 0 Å². The van der Waals surface area contributed by atoms with Gasteiger partial charge in [-0.1, -0.05) is 55.8 Å². The van der Waals surface area contributed by atoms with Crippen molar-refractivity contribution in [3.05, 3.63) is 77.1 Å². The molecule has 4 heteroatoms. The van der Waals surface area contributed by atoms with Gasteiger partial charge in [-0.15, -0.1) is 0 Å². The fraction of sp³-hybridized carbons (Fsp3) is 0.261. The molecule has 0 atom stereocenters. The number of nitrogens with zero attached hydrogens (tertiary/aromatic N) is 1. The van der Waals surface area contributed by atoms with Crippen LogP contribution >= 0.6 is 0 Å². The molecule has 4 nitrogen and oxygen atoms in total. The quantitative estimate of drug-likeness (QED) is 0.669. The number of hydrogen-bond donors (Lipinski definition) is 1.